The van der Waals surface area contributed by atoms with Gasteiger partial charge in [-0.15, -0.1) is 0 Å². The average Bonchev–Trinajstić information content (AvgIpc) is 3.37. The zero-order chi connectivity index (χ0) is 21.8. The smallest absolute Gasteiger partial charge is 0.246 e. The maximum absolute atomic E-state index is 6.16. The SMILES string of the molecule is COc1ccc(Oc2nc(-c3ccc4nccnc4c3)ncc2NC[C@@H]2CCCN2)cc1. The summed E-state index contributed by atoms with van der Waals surface area (Å²) in [4.78, 5) is 18.0. The molecule has 2 aromatic heterocycles. The van der Waals surface area contributed by atoms with Crippen LogP contribution in [0.25, 0.3) is 22.4 Å². The normalized spacial score (nSPS) is 15.6. The van der Waals surface area contributed by atoms with Crippen LogP contribution in [-0.2, 0) is 0 Å². The number of nitrogens with one attached hydrogen (secondary N) is 2. The molecule has 0 saturated carbocycles. The molecule has 32 heavy (non-hydrogen) atoms. The van der Waals surface area contributed by atoms with E-state index in [1.165, 1.54) is 6.42 Å². The first kappa shape index (κ1) is 20.1. The van der Waals surface area contributed by atoms with E-state index in [9.17, 15) is 0 Å². The van der Waals surface area contributed by atoms with E-state index >= 15 is 0 Å². The van der Waals surface area contributed by atoms with Gasteiger partial charge in [0.2, 0.25) is 5.88 Å². The molecule has 0 spiro atoms. The third-order valence-electron chi connectivity index (χ3n) is 5.46. The van der Waals surface area contributed by atoms with Crippen molar-refractivity contribution in [2.45, 2.75) is 18.9 Å². The molecule has 1 saturated heterocycles. The predicted octanol–water partition coefficient (Wildman–Crippen LogP) is 4.05. The molecule has 162 valence electrons. The Labute approximate surface area is 186 Å². The second kappa shape index (κ2) is 9.15. The van der Waals surface area contributed by atoms with Crippen LogP contribution in [0.3, 0.4) is 0 Å². The number of hydrogen-bond acceptors (Lipinski definition) is 8. The van der Waals surface area contributed by atoms with Gasteiger partial charge in [-0.3, -0.25) is 9.97 Å². The lowest BCUT2D eigenvalue weighted by Crippen LogP contribution is -2.29. The van der Waals surface area contributed by atoms with Gasteiger partial charge in [-0.25, -0.2) is 4.98 Å². The molecule has 1 aliphatic rings. The molecular formula is C24H24N6O2. The van der Waals surface area contributed by atoms with Crippen molar-refractivity contribution in [2.24, 2.45) is 0 Å². The summed E-state index contributed by atoms with van der Waals surface area (Å²) in [5.41, 5.74) is 3.22. The number of nitrogens with zero attached hydrogens (tertiary/aromatic N) is 4. The number of anilines is 1. The van der Waals surface area contributed by atoms with E-state index in [1.807, 2.05) is 42.5 Å². The summed E-state index contributed by atoms with van der Waals surface area (Å²) in [6, 6.07) is 13.7. The fourth-order valence-corrected chi connectivity index (χ4v) is 3.73. The van der Waals surface area contributed by atoms with E-state index in [2.05, 4.69) is 25.6 Å². The largest absolute Gasteiger partial charge is 0.497 e. The molecular weight excluding hydrogens is 404 g/mol. The molecule has 1 atom stereocenters. The van der Waals surface area contributed by atoms with Gasteiger partial charge in [0.25, 0.3) is 0 Å². The van der Waals surface area contributed by atoms with E-state index in [1.54, 1.807) is 25.7 Å². The van der Waals surface area contributed by atoms with Gasteiger partial charge in [0.05, 0.1) is 24.3 Å². The molecule has 1 aliphatic heterocycles. The minimum Gasteiger partial charge on any atom is -0.497 e. The highest BCUT2D eigenvalue weighted by Gasteiger charge is 2.17. The average molecular weight is 428 g/mol. The van der Waals surface area contributed by atoms with Crippen LogP contribution in [-0.4, -0.2) is 46.2 Å². The number of methoxy groups -OCH3 is 1. The molecule has 1 fully saturated rings. The topological polar surface area (TPSA) is 94.1 Å². The van der Waals surface area contributed by atoms with Crippen LogP contribution >= 0.6 is 0 Å². The summed E-state index contributed by atoms with van der Waals surface area (Å²) < 4.78 is 11.4. The van der Waals surface area contributed by atoms with Gasteiger partial charge in [-0.05, 0) is 61.9 Å². The van der Waals surface area contributed by atoms with Crippen LogP contribution in [0.1, 0.15) is 12.8 Å². The molecule has 0 aliphatic carbocycles. The maximum atomic E-state index is 6.16. The highest BCUT2D eigenvalue weighted by atomic mass is 16.5. The summed E-state index contributed by atoms with van der Waals surface area (Å²) in [7, 11) is 1.64. The first-order chi connectivity index (χ1) is 15.8. The standard InChI is InChI=1S/C24H24N6O2/c1-31-18-5-7-19(8-6-18)32-24-22(28-14-17-3-2-10-25-17)15-29-23(30-24)16-4-9-20-21(13-16)27-12-11-26-20/h4-9,11-13,15,17,25,28H,2-3,10,14H2,1H3/t17-/m0/s1. The van der Waals surface area contributed by atoms with Crippen LogP contribution in [0.15, 0.2) is 61.1 Å². The number of fused-ring (bicyclic) bond motifs is 1. The lowest BCUT2D eigenvalue weighted by Gasteiger charge is -2.16. The van der Waals surface area contributed by atoms with Gasteiger partial charge in [-0.2, -0.15) is 4.98 Å². The van der Waals surface area contributed by atoms with Gasteiger partial charge in [0.1, 0.15) is 17.2 Å². The Balaban J connectivity index is 1.46. The number of benzene rings is 2. The number of aromatic nitrogens is 4. The Bertz CT molecular complexity index is 1210. The van der Waals surface area contributed by atoms with Crippen molar-refractivity contribution in [1.29, 1.82) is 0 Å². The van der Waals surface area contributed by atoms with E-state index in [-0.39, 0.29) is 0 Å². The lowest BCUT2D eigenvalue weighted by molar-refractivity contribution is 0.412. The van der Waals surface area contributed by atoms with E-state index in [0.29, 0.717) is 23.5 Å². The number of hydrogen-bond donors (Lipinski definition) is 2. The lowest BCUT2D eigenvalue weighted by atomic mass is 10.2. The van der Waals surface area contributed by atoms with Crippen LogP contribution in [0.5, 0.6) is 17.4 Å². The molecule has 2 aromatic carbocycles. The zero-order valence-corrected chi connectivity index (χ0v) is 17.8. The number of rotatable bonds is 7. The van der Waals surface area contributed by atoms with Crippen molar-refractivity contribution in [3.8, 4) is 28.8 Å². The van der Waals surface area contributed by atoms with Crippen LogP contribution in [0, 0.1) is 0 Å². The Morgan fingerprint density at radius 2 is 1.81 bits per heavy atom. The second-order valence-electron chi connectivity index (χ2n) is 7.62. The van der Waals surface area contributed by atoms with Crippen molar-refractivity contribution in [3.05, 3.63) is 61.1 Å². The summed E-state index contributed by atoms with van der Waals surface area (Å²) in [5, 5.41) is 6.94. The third kappa shape index (κ3) is 4.45. The van der Waals surface area contributed by atoms with E-state index < -0.39 is 0 Å². The Kier molecular flexibility index (Phi) is 5.76. The summed E-state index contributed by atoms with van der Waals surface area (Å²) in [6.45, 7) is 1.84. The molecule has 8 nitrogen and oxygen atoms in total. The van der Waals surface area contributed by atoms with Gasteiger partial charge in [0, 0.05) is 30.5 Å². The van der Waals surface area contributed by atoms with Crippen LogP contribution in [0.4, 0.5) is 5.69 Å². The molecule has 0 bridgehead atoms. The van der Waals surface area contributed by atoms with Crippen molar-refractivity contribution < 1.29 is 9.47 Å². The molecule has 3 heterocycles. The Morgan fingerprint density at radius 1 is 1.00 bits per heavy atom. The van der Waals surface area contributed by atoms with Crippen molar-refractivity contribution >= 4 is 16.7 Å². The molecule has 5 rings (SSSR count). The zero-order valence-electron chi connectivity index (χ0n) is 17.8. The monoisotopic (exact) mass is 428 g/mol. The van der Waals surface area contributed by atoms with Gasteiger partial charge in [-0.1, -0.05) is 0 Å². The summed E-state index contributed by atoms with van der Waals surface area (Å²) in [6.07, 6.45) is 7.48. The van der Waals surface area contributed by atoms with Crippen LogP contribution < -0.4 is 20.1 Å². The molecule has 2 N–H and O–H groups in total. The molecule has 8 heteroatoms. The maximum Gasteiger partial charge on any atom is 0.246 e. The van der Waals surface area contributed by atoms with Crippen molar-refractivity contribution in [1.82, 2.24) is 25.3 Å². The van der Waals surface area contributed by atoms with Gasteiger partial charge in [0.15, 0.2) is 5.82 Å². The van der Waals surface area contributed by atoms with Crippen molar-refractivity contribution in [2.75, 3.05) is 25.5 Å². The third-order valence-corrected chi connectivity index (χ3v) is 5.46. The minimum atomic E-state index is 0.433. The number of ether oxygens (including phenoxy) is 2. The summed E-state index contributed by atoms with van der Waals surface area (Å²) >= 11 is 0. The predicted molar refractivity (Wildman–Crippen MR) is 123 cm³/mol. The molecule has 0 amide bonds. The first-order valence-electron chi connectivity index (χ1n) is 10.7. The second-order valence-corrected chi connectivity index (χ2v) is 7.62. The fraction of sp³-hybridized carbons (Fsp3) is 0.250. The Hall–Kier alpha value is -3.78. The van der Waals surface area contributed by atoms with Crippen LogP contribution in [0.2, 0.25) is 0 Å². The fourth-order valence-electron chi connectivity index (χ4n) is 3.73. The van der Waals surface area contributed by atoms with Gasteiger partial charge >= 0.3 is 0 Å². The van der Waals surface area contributed by atoms with Crippen molar-refractivity contribution in [3.63, 3.8) is 0 Å². The minimum absolute atomic E-state index is 0.433. The molecule has 0 unspecified atom stereocenters. The Morgan fingerprint density at radius 3 is 2.59 bits per heavy atom. The van der Waals surface area contributed by atoms with E-state index in [0.717, 1.165) is 47.5 Å². The molecule has 4 aromatic rings. The highest BCUT2D eigenvalue weighted by molar-refractivity contribution is 5.79. The van der Waals surface area contributed by atoms with E-state index in [4.69, 9.17) is 14.5 Å². The first-order valence-corrected chi connectivity index (χ1v) is 10.7. The summed E-state index contributed by atoms with van der Waals surface area (Å²) in [5.74, 6) is 2.47. The quantitative estimate of drug-likeness (QED) is 0.455. The molecule has 0 radical (unpaired) electrons. The van der Waals surface area contributed by atoms with Gasteiger partial charge < -0.3 is 20.1 Å². The highest BCUT2D eigenvalue weighted by Crippen LogP contribution is 2.31.